The van der Waals surface area contributed by atoms with Crippen LogP contribution in [-0.2, 0) is 6.54 Å². The van der Waals surface area contributed by atoms with E-state index >= 15 is 0 Å². The number of hydrogen-bond donors (Lipinski definition) is 3. The highest BCUT2D eigenvalue weighted by atomic mass is 32.1. The van der Waals surface area contributed by atoms with Crippen LogP contribution in [-0.4, -0.2) is 33.3 Å². The third-order valence-electron chi connectivity index (χ3n) is 2.81. The zero-order valence-electron chi connectivity index (χ0n) is 11.2. The SMILES string of the molecule is CC(Cn1ccnc1)NC(=O)NCC(O)c1ccsc1. The zero-order valence-corrected chi connectivity index (χ0v) is 12.0. The number of hydrogen-bond acceptors (Lipinski definition) is 4. The van der Waals surface area contributed by atoms with E-state index in [0.717, 1.165) is 5.56 Å². The molecule has 0 saturated carbocycles. The fourth-order valence-corrected chi connectivity index (χ4v) is 2.51. The molecular formula is C13H18N4O2S. The van der Waals surface area contributed by atoms with Crippen LogP contribution in [0.2, 0.25) is 0 Å². The highest BCUT2D eigenvalue weighted by Gasteiger charge is 2.11. The van der Waals surface area contributed by atoms with E-state index in [4.69, 9.17) is 0 Å². The van der Waals surface area contributed by atoms with Gasteiger partial charge in [-0.3, -0.25) is 0 Å². The molecule has 2 aromatic heterocycles. The highest BCUT2D eigenvalue weighted by molar-refractivity contribution is 7.07. The maximum atomic E-state index is 11.7. The Morgan fingerprint density at radius 2 is 2.45 bits per heavy atom. The summed E-state index contributed by atoms with van der Waals surface area (Å²) in [5, 5.41) is 19.1. The molecule has 2 rings (SSSR count). The molecule has 3 N–H and O–H groups in total. The van der Waals surface area contributed by atoms with Crippen LogP contribution in [0.5, 0.6) is 0 Å². The fraction of sp³-hybridized carbons (Fsp3) is 0.385. The molecule has 2 unspecified atom stereocenters. The van der Waals surface area contributed by atoms with Crippen LogP contribution in [0.1, 0.15) is 18.6 Å². The van der Waals surface area contributed by atoms with Gasteiger partial charge in [0.15, 0.2) is 0 Å². The molecule has 20 heavy (non-hydrogen) atoms. The number of aromatic nitrogens is 2. The second-order valence-electron chi connectivity index (χ2n) is 4.59. The van der Waals surface area contributed by atoms with Crippen molar-refractivity contribution in [3.05, 3.63) is 41.1 Å². The number of thiophene rings is 1. The van der Waals surface area contributed by atoms with Crippen molar-refractivity contribution in [3.63, 3.8) is 0 Å². The second kappa shape index (κ2) is 7.06. The summed E-state index contributed by atoms with van der Waals surface area (Å²) in [5.74, 6) is 0. The number of nitrogens with zero attached hydrogens (tertiary/aromatic N) is 2. The Morgan fingerprint density at radius 3 is 3.10 bits per heavy atom. The Balaban J connectivity index is 1.69. The summed E-state index contributed by atoms with van der Waals surface area (Å²) in [6.45, 7) is 2.76. The minimum absolute atomic E-state index is 0.0255. The first kappa shape index (κ1) is 14.5. The molecule has 0 aliphatic heterocycles. The van der Waals surface area contributed by atoms with Crippen LogP contribution >= 0.6 is 11.3 Å². The predicted molar refractivity (Wildman–Crippen MR) is 77.5 cm³/mol. The Morgan fingerprint density at radius 1 is 1.60 bits per heavy atom. The molecule has 0 aliphatic carbocycles. The number of carbonyl (C=O) groups is 1. The first-order valence-electron chi connectivity index (χ1n) is 6.35. The van der Waals surface area contributed by atoms with E-state index < -0.39 is 6.10 Å². The quantitative estimate of drug-likeness (QED) is 0.753. The molecule has 2 heterocycles. The van der Waals surface area contributed by atoms with Gasteiger partial charge < -0.3 is 20.3 Å². The Kier molecular flexibility index (Phi) is 5.14. The van der Waals surface area contributed by atoms with Gasteiger partial charge in [0.1, 0.15) is 0 Å². The molecule has 0 bridgehead atoms. The lowest BCUT2D eigenvalue weighted by Crippen LogP contribution is -2.43. The van der Waals surface area contributed by atoms with E-state index in [0.29, 0.717) is 6.54 Å². The molecule has 0 saturated heterocycles. The van der Waals surface area contributed by atoms with Gasteiger partial charge >= 0.3 is 6.03 Å². The average molecular weight is 294 g/mol. The van der Waals surface area contributed by atoms with E-state index in [2.05, 4.69) is 15.6 Å². The standard InChI is InChI=1S/C13H18N4O2S/c1-10(7-17-4-3-14-9-17)16-13(19)15-6-12(18)11-2-5-20-8-11/h2-5,8-10,12,18H,6-7H2,1H3,(H2,15,16,19). The summed E-state index contributed by atoms with van der Waals surface area (Å²) in [6, 6.07) is 1.53. The summed E-state index contributed by atoms with van der Waals surface area (Å²) >= 11 is 1.52. The number of aliphatic hydroxyl groups is 1. The average Bonchev–Trinajstić information content (AvgIpc) is 3.08. The number of rotatable bonds is 6. The molecule has 0 aromatic carbocycles. The van der Waals surface area contributed by atoms with E-state index in [-0.39, 0.29) is 18.6 Å². The maximum Gasteiger partial charge on any atom is 0.315 e. The van der Waals surface area contributed by atoms with Gasteiger partial charge in [-0.25, -0.2) is 9.78 Å². The summed E-state index contributed by atoms with van der Waals surface area (Å²) < 4.78 is 1.89. The van der Waals surface area contributed by atoms with Crippen LogP contribution in [0.3, 0.4) is 0 Å². The van der Waals surface area contributed by atoms with Gasteiger partial charge in [-0.15, -0.1) is 0 Å². The van der Waals surface area contributed by atoms with Crippen LogP contribution in [0, 0.1) is 0 Å². The Hall–Kier alpha value is -1.86. The molecular weight excluding hydrogens is 276 g/mol. The van der Waals surface area contributed by atoms with Gasteiger partial charge in [-0.1, -0.05) is 0 Å². The minimum Gasteiger partial charge on any atom is -0.387 e. The number of urea groups is 1. The molecule has 2 amide bonds. The summed E-state index contributed by atoms with van der Waals surface area (Å²) in [6.07, 6.45) is 4.58. The lowest BCUT2D eigenvalue weighted by molar-refractivity contribution is 0.173. The van der Waals surface area contributed by atoms with Gasteiger partial charge in [0.05, 0.1) is 12.4 Å². The zero-order chi connectivity index (χ0) is 14.4. The third-order valence-corrected chi connectivity index (χ3v) is 3.51. The van der Waals surface area contributed by atoms with Gasteiger partial charge in [-0.05, 0) is 29.3 Å². The summed E-state index contributed by atoms with van der Waals surface area (Å²) in [4.78, 5) is 15.6. The van der Waals surface area contributed by atoms with Crippen LogP contribution in [0.4, 0.5) is 4.79 Å². The predicted octanol–water partition coefficient (Wildman–Crippen LogP) is 1.37. The largest absolute Gasteiger partial charge is 0.387 e. The van der Waals surface area contributed by atoms with Gasteiger partial charge in [0, 0.05) is 31.5 Å². The molecule has 0 radical (unpaired) electrons. The lowest BCUT2D eigenvalue weighted by atomic mass is 10.2. The molecule has 2 aromatic rings. The summed E-state index contributed by atoms with van der Waals surface area (Å²) in [7, 11) is 0. The third kappa shape index (κ3) is 4.36. The number of nitrogens with one attached hydrogen (secondary N) is 2. The van der Waals surface area contributed by atoms with Crippen molar-refractivity contribution in [1.29, 1.82) is 0 Å². The van der Waals surface area contributed by atoms with E-state index in [1.165, 1.54) is 11.3 Å². The van der Waals surface area contributed by atoms with Crippen molar-refractivity contribution in [2.45, 2.75) is 25.6 Å². The Labute approximate surface area is 121 Å². The lowest BCUT2D eigenvalue weighted by Gasteiger charge is -2.16. The number of carbonyl (C=O) groups excluding carboxylic acids is 1. The summed E-state index contributed by atoms with van der Waals surface area (Å²) in [5.41, 5.74) is 0.821. The van der Waals surface area contributed by atoms with Crippen molar-refractivity contribution < 1.29 is 9.90 Å². The van der Waals surface area contributed by atoms with Gasteiger partial charge in [0.25, 0.3) is 0 Å². The van der Waals surface area contributed by atoms with Crippen molar-refractivity contribution in [1.82, 2.24) is 20.2 Å². The van der Waals surface area contributed by atoms with Crippen LogP contribution < -0.4 is 10.6 Å². The van der Waals surface area contributed by atoms with Crippen LogP contribution in [0.25, 0.3) is 0 Å². The van der Waals surface area contributed by atoms with Crippen molar-refractivity contribution in [2.75, 3.05) is 6.54 Å². The first-order valence-corrected chi connectivity index (χ1v) is 7.29. The highest BCUT2D eigenvalue weighted by Crippen LogP contribution is 2.14. The van der Waals surface area contributed by atoms with Crippen molar-refractivity contribution >= 4 is 17.4 Å². The number of amides is 2. The minimum atomic E-state index is -0.670. The molecule has 6 nitrogen and oxygen atoms in total. The fourth-order valence-electron chi connectivity index (χ4n) is 1.80. The number of aliphatic hydroxyl groups excluding tert-OH is 1. The van der Waals surface area contributed by atoms with Gasteiger partial charge in [-0.2, -0.15) is 11.3 Å². The molecule has 2 atom stereocenters. The molecule has 0 spiro atoms. The van der Waals surface area contributed by atoms with E-state index in [1.54, 1.807) is 12.5 Å². The Bertz CT molecular complexity index is 512. The van der Waals surface area contributed by atoms with Crippen molar-refractivity contribution in [3.8, 4) is 0 Å². The monoisotopic (exact) mass is 294 g/mol. The second-order valence-corrected chi connectivity index (χ2v) is 5.37. The first-order chi connectivity index (χ1) is 9.65. The van der Waals surface area contributed by atoms with E-state index in [1.807, 2.05) is 34.5 Å². The van der Waals surface area contributed by atoms with Crippen LogP contribution in [0.15, 0.2) is 35.5 Å². The topological polar surface area (TPSA) is 79.2 Å². The normalized spacial score (nSPS) is 13.7. The molecule has 0 aliphatic rings. The molecule has 7 heteroatoms. The van der Waals surface area contributed by atoms with Gasteiger partial charge in [0.2, 0.25) is 0 Å². The van der Waals surface area contributed by atoms with E-state index in [9.17, 15) is 9.90 Å². The van der Waals surface area contributed by atoms with Crippen molar-refractivity contribution in [2.24, 2.45) is 0 Å². The molecule has 0 fully saturated rings. The number of imidazole rings is 1. The molecule has 108 valence electrons. The maximum absolute atomic E-state index is 11.7. The smallest absolute Gasteiger partial charge is 0.315 e.